The van der Waals surface area contributed by atoms with Crippen molar-refractivity contribution in [2.45, 2.75) is 59.0 Å². The van der Waals surface area contributed by atoms with Crippen LogP contribution in [0.15, 0.2) is 17.7 Å². The summed E-state index contributed by atoms with van der Waals surface area (Å²) in [5.74, 6) is 0.658. The van der Waals surface area contributed by atoms with Crippen molar-refractivity contribution >= 4 is 5.97 Å². The molecule has 3 rings (SSSR count). The number of aromatic carboxylic acids is 1. The number of aryl methyl sites for hydroxylation is 1. The van der Waals surface area contributed by atoms with Gasteiger partial charge in [0.05, 0.1) is 5.56 Å². The maximum Gasteiger partial charge on any atom is 0.336 e. The zero-order valence-corrected chi connectivity index (χ0v) is 14.0. The largest absolute Gasteiger partial charge is 0.487 e. The fraction of sp³-hybridized carbons (Fsp3) is 0.526. The Kier molecular flexibility index (Phi) is 3.35. The lowest BCUT2D eigenvalue weighted by atomic mass is 9.67. The fourth-order valence-corrected chi connectivity index (χ4v) is 4.28. The average molecular weight is 300 g/mol. The summed E-state index contributed by atoms with van der Waals surface area (Å²) in [6.07, 6.45) is 4.51. The molecule has 2 aliphatic rings. The standard InChI is InChI=1S/C19H24O3/c1-10-6-7-14-13(8-10)17-12(3)16(18(20)21)11(2)9-15(17)22-19(14,4)5/h8-9,13-14H,6-7H2,1-5H3,(H,20,21)/t13?,14-/m1/s1. The number of fused-ring (bicyclic) bond motifs is 3. The highest BCUT2D eigenvalue weighted by Gasteiger charge is 2.45. The summed E-state index contributed by atoms with van der Waals surface area (Å²) in [4.78, 5) is 11.6. The number of hydrogen-bond acceptors (Lipinski definition) is 2. The molecule has 0 amide bonds. The van der Waals surface area contributed by atoms with Gasteiger partial charge < -0.3 is 9.84 Å². The molecule has 3 nitrogen and oxygen atoms in total. The van der Waals surface area contributed by atoms with Gasteiger partial charge in [0.25, 0.3) is 0 Å². The minimum Gasteiger partial charge on any atom is -0.487 e. The number of carboxylic acids is 1. The van der Waals surface area contributed by atoms with Crippen molar-refractivity contribution in [3.63, 3.8) is 0 Å². The van der Waals surface area contributed by atoms with E-state index in [9.17, 15) is 9.90 Å². The normalized spacial score (nSPS) is 25.6. The van der Waals surface area contributed by atoms with E-state index in [-0.39, 0.29) is 11.5 Å². The van der Waals surface area contributed by atoms with Gasteiger partial charge in [-0.05, 0) is 64.7 Å². The van der Waals surface area contributed by atoms with E-state index in [0.29, 0.717) is 11.5 Å². The molecule has 0 bridgehead atoms. The lowest BCUT2D eigenvalue weighted by molar-refractivity contribution is 0.0113. The molecule has 1 aromatic rings. The average Bonchev–Trinajstić information content (AvgIpc) is 2.35. The molecule has 1 aliphatic carbocycles. The van der Waals surface area contributed by atoms with Gasteiger partial charge in [-0.15, -0.1) is 0 Å². The Hall–Kier alpha value is -1.77. The zero-order valence-electron chi connectivity index (χ0n) is 14.0. The Morgan fingerprint density at radius 3 is 2.64 bits per heavy atom. The molecule has 1 unspecified atom stereocenters. The SMILES string of the molecule is CC1=CC2c3c(cc(C)c(C(=O)O)c3C)OC(C)(C)[C@@H]2CC1. The molecule has 0 spiro atoms. The van der Waals surface area contributed by atoms with Gasteiger partial charge in [0.2, 0.25) is 0 Å². The van der Waals surface area contributed by atoms with E-state index in [4.69, 9.17) is 4.74 Å². The molecule has 1 heterocycles. The van der Waals surface area contributed by atoms with Crippen LogP contribution < -0.4 is 4.74 Å². The summed E-state index contributed by atoms with van der Waals surface area (Å²) in [6, 6.07) is 1.90. The highest BCUT2D eigenvalue weighted by atomic mass is 16.5. The van der Waals surface area contributed by atoms with Crippen LogP contribution in [0.25, 0.3) is 0 Å². The third kappa shape index (κ3) is 2.15. The highest BCUT2D eigenvalue weighted by Crippen LogP contribution is 2.52. The van der Waals surface area contributed by atoms with Gasteiger partial charge >= 0.3 is 5.97 Å². The molecule has 0 saturated carbocycles. The lowest BCUT2D eigenvalue weighted by Crippen LogP contribution is -2.45. The number of carbonyl (C=O) groups is 1. The predicted octanol–water partition coefficient (Wildman–Crippen LogP) is 4.61. The van der Waals surface area contributed by atoms with E-state index in [0.717, 1.165) is 35.3 Å². The highest BCUT2D eigenvalue weighted by molar-refractivity contribution is 5.92. The van der Waals surface area contributed by atoms with Gasteiger partial charge in [-0.25, -0.2) is 4.79 Å². The molecule has 3 heteroatoms. The number of carboxylic acid groups (broad SMARTS) is 1. The lowest BCUT2D eigenvalue weighted by Gasteiger charge is -2.47. The summed E-state index contributed by atoms with van der Waals surface area (Å²) in [6.45, 7) is 10.2. The minimum atomic E-state index is -0.851. The molecular weight excluding hydrogens is 276 g/mol. The van der Waals surface area contributed by atoms with Crippen molar-refractivity contribution in [3.8, 4) is 5.75 Å². The van der Waals surface area contributed by atoms with Crippen LogP contribution >= 0.6 is 0 Å². The van der Waals surface area contributed by atoms with Gasteiger partial charge in [0, 0.05) is 17.4 Å². The second-order valence-electron chi connectivity index (χ2n) is 7.30. The quantitative estimate of drug-likeness (QED) is 0.770. The van der Waals surface area contributed by atoms with Crippen LogP contribution in [0.5, 0.6) is 5.75 Å². The summed E-state index contributed by atoms with van der Waals surface area (Å²) in [7, 11) is 0. The molecule has 118 valence electrons. The van der Waals surface area contributed by atoms with E-state index in [2.05, 4.69) is 26.8 Å². The van der Waals surface area contributed by atoms with Crippen LogP contribution in [-0.2, 0) is 0 Å². The van der Waals surface area contributed by atoms with E-state index >= 15 is 0 Å². The van der Waals surface area contributed by atoms with E-state index in [1.54, 1.807) is 0 Å². The van der Waals surface area contributed by atoms with E-state index in [1.807, 2.05) is 19.9 Å². The van der Waals surface area contributed by atoms with Crippen LogP contribution in [0.4, 0.5) is 0 Å². The molecule has 22 heavy (non-hydrogen) atoms. The Morgan fingerprint density at radius 1 is 1.32 bits per heavy atom. The van der Waals surface area contributed by atoms with Crippen molar-refractivity contribution in [3.05, 3.63) is 40.0 Å². The first-order valence-electron chi connectivity index (χ1n) is 7.96. The molecule has 1 N–H and O–H groups in total. The van der Waals surface area contributed by atoms with Crippen LogP contribution in [0.2, 0.25) is 0 Å². The predicted molar refractivity (Wildman–Crippen MR) is 86.8 cm³/mol. The molecule has 0 saturated heterocycles. The van der Waals surface area contributed by atoms with Crippen molar-refractivity contribution in [1.29, 1.82) is 0 Å². The minimum absolute atomic E-state index is 0.224. The van der Waals surface area contributed by atoms with E-state index in [1.165, 1.54) is 5.57 Å². The summed E-state index contributed by atoms with van der Waals surface area (Å²) < 4.78 is 6.30. The molecule has 0 aromatic heterocycles. The van der Waals surface area contributed by atoms with Gasteiger partial charge in [-0.2, -0.15) is 0 Å². The van der Waals surface area contributed by atoms with Crippen LogP contribution in [0.1, 0.15) is 66.6 Å². The van der Waals surface area contributed by atoms with Gasteiger partial charge in [0.1, 0.15) is 11.4 Å². The van der Waals surface area contributed by atoms with Crippen LogP contribution in [0, 0.1) is 19.8 Å². The van der Waals surface area contributed by atoms with Crippen molar-refractivity contribution in [1.82, 2.24) is 0 Å². The Morgan fingerprint density at radius 2 is 2.00 bits per heavy atom. The maximum absolute atomic E-state index is 11.6. The zero-order chi connectivity index (χ0) is 16.2. The number of allylic oxidation sites excluding steroid dienone is 2. The van der Waals surface area contributed by atoms with Crippen molar-refractivity contribution in [2.75, 3.05) is 0 Å². The van der Waals surface area contributed by atoms with E-state index < -0.39 is 5.97 Å². The van der Waals surface area contributed by atoms with Crippen LogP contribution in [-0.4, -0.2) is 16.7 Å². The first kappa shape index (κ1) is 15.1. The number of benzene rings is 1. The fourth-order valence-electron chi connectivity index (χ4n) is 4.28. The second kappa shape index (κ2) is 4.87. The van der Waals surface area contributed by atoms with Crippen molar-refractivity contribution in [2.24, 2.45) is 5.92 Å². The van der Waals surface area contributed by atoms with Gasteiger partial charge in [-0.3, -0.25) is 0 Å². The maximum atomic E-state index is 11.6. The third-order valence-electron chi connectivity index (χ3n) is 5.35. The summed E-state index contributed by atoms with van der Waals surface area (Å²) in [5, 5.41) is 9.54. The summed E-state index contributed by atoms with van der Waals surface area (Å²) >= 11 is 0. The van der Waals surface area contributed by atoms with Gasteiger partial charge in [0.15, 0.2) is 0 Å². The Balaban J connectivity index is 2.28. The molecule has 2 atom stereocenters. The Bertz CT molecular complexity index is 682. The monoisotopic (exact) mass is 300 g/mol. The second-order valence-corrected chi connectivity index (χ2v) is 7.30. The first-order chi connectivity index (χ1) is 10.2. The number of ether oxygens (including phenoxy) is 1. The van der Waals surface area contributed by atoms with Crippen molar-refractivity contribution < 1.29 is 14.6 Å². The molecule has 1 aliphatic heterocycles. The first-order valence-corrected chi connectivity index (χ1v) is 7.96. The van der Waals surface area contributed by atoms with Gasteiger partial charge in [-0.1, -0.05) is 11.6 Å². The Labute approximate surface area is 132 Å². The molecule has 0 radical (unpaired) electrons. The number of hydrogen-bond donors (Lipinski definition) is 1. The van der Waals surface area contributed by atoms with Crippen LogP contribution in [0.3, 0.4) is 0 Å². The molecular formula is C19H24O3. The molecule has 0 fully saturated rings. The smallest absolute Gasteiger partial charge is 0.336 e. The third-order valence-corrected chi connectivity index (χ3v) is 5.35. The molecule has 1 aromatic carbocycles. The summed E-state index contributed by atoms with van der Waals surface area (Å²) in [5.41, 5.74) is 4.30. The number of rotatable bonds is 1. The topological polar surface area (TPSA) is 46.5 Å².